The van der Waals surface area contributed by atoms with Crippen molar-refractivity contribution in [2.45, 2.75) is 45.1 Å². The molecule has 6 nitrogen and oxygen atoms in total. The van der Waals surface area contributed by atoms with Crippen LogP contribution in [0.2, 0.25) is 0 Å². The molecule has 1 fully saturated rings. The quantitative estimate of drug-likeness (QED) is 0.703. The summed E-state index contributed by atoms with van der Waals surface area (Å²) in [6, 6.07) is 7.73. The molecule has 0 N–H and O–H groups in total. The van der Waals surface area contributed by atoms with Gasteiger partial charge in [0, 0.05) is 11.5 Å². The lowest BCUT2D eigenvalue weighted by Crippen LogP contribution is -2.28. The van der Waals surface area contributed by atoms with Crippen molar-refractivity contribution in [1.29, 1.82) is 0 Å². The number of carbonyl (C=O) groups is 1. The molecular weight excluding hydrogens is 316 g/mol. The lowest BCUT2D eigenvalue weighted by molar-refractivity contribution is 0.0509. The van der Waals surface area contributed by atoms with Crippen molar-refractivity contribution in [3.8, 4) is 11.3 Å². The molecule has 1 saturated carbocycles. The first-order valence-electron chi connectivity index (χ1n) is 8.46. The van der Waals surface area contributed by atoms with Gasteiger partial charge in [0.05, 0.1) is 34.8 Å². The second-order valence-electron chi connectivity index (χ2n) is 7.35. The highest BCUT2D eigenvalue weighted by atomic mass is 16.6. The number of para-hydroxylation sites is 2. The average molecular weight is 336 g/mol. The summed E-state index contributed by atoms with van der Waals surface area (Å²) in [5, 5.41) is 4.29. The predicted octanol–water partition coefficient (Wildman–Crippen LogP) is 4.15. The smallest absolute Gasteiger partial charge is 0.435 e. The molecule has 0 unspecified atom stereocenters. The zero-order chi connectivity index (χ0) is 17.6. The number of nitrogens with zero attached hydrogens (tertiary/aromatic N) is 4. The van der Waals surface area contributed by atoms with Gasteiger partial charge in [-0.1, -0.05) is 12.1 Å². The number of hydrogen-bond donors (Lipinski definition) is 0. The highest BCUT2D eigenvalue weighted by molar-refractivity contribution is 5.79. The van der Waals surface area contributed by atoms with Crippen molar-refractivity contribution >= 4 is 17.1 Å². The molecule has 6 heteroatoms. The molecule has 2 heterocycles. The maximum Gasteiger partial charge on any atom is 0.435 e. The molecule has 1 aliphatic rings. The van der Waals surface area contributed by atoms with Gasteiger partial charge in [0.15, 0.2) is 0 Å². The fourth-order valence-corrected chi connectivity index (χ4v) is 2.84. The van der Waals surface area contributed by atoms with Crippen LogP contribution in [0.3, 0.4) is 0 Å². The number of rotatable bonds is 2. The van der Waals surface area contributed by atoms with Crippen LogP contribution in [0.5, 0.6) is 0 Å². The highest BCUT2D eigenvalue weighted by Crippen LogP contribution is 2.44. The number of benzene rings is 1. The third-order valence-electron chi connectivity index (χ3n) is 4.06. The third-order valence-corrected chi connectivity index (χ3v) is 4.06. The van der Waals surface area contributed by atoms with Crippen molar-refractivity contribution in [2.24, 2.45) is 0 Å². The molecule has 0 aliphatic heterocycles. The molecule has 1 aromatic carbocycles. The average Bonchev–Trinajstić information content (AvgIpc) is 3.30. The Balaban J connectivity index is 1.78. The summed E-state index contributed by atoms with van der Waals surface area (Å²) in [6.07, 6.45) is 5.07. The molecule has 1 aliphatic carbocycles. The molecule has 0 bridgehead atoms. The lowest BCUT2D eigenvalue weighted by atomic mass is 10.1. The molecule has 4 rings (SSSR count). The minimum absolute atomic E-state index is 0.318. The van der Waals surface area contributed by atoms with Gasteiger partial charge in [-0.15, -0.1) is 0 Å². The molecule has 0 amide bonds. The van der Waals surface area contributed by atoms with Gasteiger partial charge in [-0.2, -0.15) is 9.78 Å². The van der Waals surface area contributed by atoms with Gasteiger partial charge < -0.3 is 4.74 Å². The van der Waals surface area contributed by atoms with E-state index < -0.39 is 11.7 Å². The van der Waals surface area contributed by atoms with Crippen molar-refractivity contribution < 1.29 is 9.53 Å². The Morgan fingerprint density at radius 3 is 2.56 bits per heavy atom. The first-order chi connectivity index (χ1) is 11.9. The monoisotopic (exact) mass is 336 g/mol. The highest BCUT2D eigenvalue weighted by Gasteiger charge is 2.34. The summed E-state index contributed by atoms with van der Waals surface area (Å²) in [5.74, 6) is 0.318. The Labute approximate surface area is 145 Å². The first-order valence-corrected chi connectivity index (χ1v) is 8.46. The summed E-state index contributed by atoms with van der Waals surface area (Å²) in [5.41, 5.74) is 3.57. The van der Waals surface area contributed by atoms with Crippen LogP contribution in [-0.2, 0) is 4.74 Å². The summed E-state index contributed by atoms with van der Waals surface area (Å²) in [6.45, 7) is 5.54. The molecule has 0 atom stereocenters. The molecule has 128 valence electrons. The van der Waals surface area contributed by atoms with Gasteiger partial charge in [-0.3, -0.25) is 4.98 Å². The van der Waals surface area contributed by atoms with Crippen molar-refractivity contribution in [3.63, 3.8) is 0 Å². The molecule has 3 aromatic rings. The molecule has 0 spiro atoms. The molecule has 0 saturated heterocycles. The fourth-order valence-electron chi connectivity index (χ4n) is 2.84. The Morgan fingerprint density at radius 1 is 1.16 bits per heavy atom. The van der Waals surface area contributed by atoms with E-state index in [1.807, 2.05) is 45.0 Å². The van der Waals surface area contributed by atoms with E-state index in [1.54, 1.807) is 12.4 Å². The second-order valence-corrected chi connectivity index (χ2v) is 7.35. The van der Waals surface area contributed by atoms with Crippen LogP contribution in [-0.4, -0.2) is 31.4 Å². The molecule has 25 heavy (non-hydrogen) atoms. The van der Waals surface area contributed by atoms with Gasteiger partial charge in [0.25, 0.3) is 0 Å². The number of carbonyl (C=O) groups excluding carboxylic acids is 1. The summed E-state index contributed by atoms with van der Waals surface area (Å²) >= 11 is 0. The number of aromatic nitrogens is 4. The van der Waals surface area contributed by atoms with E-state index in [2.05, 4.69) is 10.1 Å². The SMILES string of the molecule is CC(C)(C)OC(=O)n1ncc(-c2cnc3ccccc3n2)c1C1CC1. The maximum absolute atomic E-state index is 12.5. The molecule has 2 aromatic heterocycles. The van der Waals surface area contributed by atoms with E-state index in [-0.39, 0.29) is 0 Å². The van der Waals surface area contributed by atoms with Gasteiger partial charge in [0.2, 0.25) is 0 Å². The minimum Gasteiger partial charge on any atom is -0.442 e. The number of ether oxygens (including phenoxy) is 1. The van der Waals surface area contributed by atoms with E-state index in [9.17, 15) is 4.79 Å². The second kappa shape index (κ2) is 5.65. The lowest BCUT2D eigenvalue weighted by Gasteiger charge is -2.19. The Kier molecular flexibility index (Phi) is 3.56. The molecule has 0 radical (unpaired) electrons. The maximum atomic E-state index is 12.5. The van der Waals surface area contributed by atoms with Crippen LogP contribution in [0.4, 0.5) is 4.79 Å². The summed E-state index contributed by atoms with van der Waals surface area (Å²) < 4.78 is 6.87. The van der Waals surface area contributed by atoms with Crippen LogP contribution >= 0.6 is 0 Å². The standard InChI is InChI=1S/C19H20N4O2/c1-19(2,3)25-18(24)23-17(12-8-9-12)13(10-21-23)16-11-20-14-6-4-5-7-15(14)22-16/h4-7,10-12H,8-9H2,1-3H3. The van der Waals surface area contributed by atoms with Crippen LogP contribution in [0, 0.1) is 0 Å². The van der Waals surface area contributed by atoms with Crippen molar-refractivity contribution in [2.75, 3.05) is 0 Å². The van der Waals surface area contributed by atoms with Crippen LogP contribution in [0.15, 0.2) is 36.7 Å². The van der Waals surface area contributed by atoms with Gasteiger partial charge in [0.1, 0.15) is 5.60 Å². The fraction of sp³-hybridized carbons (Fsp3) is 0.368. The largest absolute Gasteiger partial charge is 0.442 e. The van der Waals surface area contributed by atoms with Crippen molar-refractivity contribution in [1.82, 2.24) is 19.7 Å². The van der Waals surface area contributed by atoms with Gasteiger partial charge in [-0.25, -0.2) is 9.78 Å². The first kappa shape index (κ1) is 15.7. The van der Waals surface area contributed by atoms with Crippen LogP contribution in [0.1, 0.15) is 45.2 Å². The van der Waals surface area contributed by atoms with E-state index in [4.69, 9.17) is 9.72 Å². The minimum atomic E-state index is -0.563. The van der Waals surface area contributed by atoms with Crippen LogP contribution < -0.4 is 0 Å². The zero-order valence-electron chi connectivity index (χ0n) is 14.6. The Bertz CT molecular complexity index is 951. The van der Waals surface area contributed by atoms with E-state index in [0.29, 0.717) is 5.92 Å². The predicted molar refractivity (Wildman–Crippen MR) is 94.4 cm³/mol. The Morgan fingerprint density at radius 2 is 1.88 bits per heavy atom. The zero-order valence-corrected chi connectivity index (χ0v) is 14.6. The van der Waals surface area contributed by atoms with E-state index >= 15 is 0 Å². The number of fused-ring (bicyclic) bond motifs is 1. The van der Waals surface area contributed by atoms with E-state index in [1.165, 1.54) is 4.68 Å². The van der Waals surface area contributed by atoms with Crippen molar-refractivity contribution in [3.05, 3.63) is 42.4 Å². The topological polar surface area (TPSA) is 69.9 Å². The third kappa shape index (κ3) is 3.12. The number of hydrogen-bond acceptors (Lipinski definition) is 5. The van der Waals surface area contributed by atoms with E-state index in [0.717, 1.165) is 40.8 Å². The van der Waals surface area contributed by atoms with Gasteiger partial charge >= 0.3 is 6.09 Å². The Hall–Kier alpha value is -2.76. The summed E-state index contributed by atoms with van der Waals surface area (Å²) in [7, 11) is 0. The normalized spacial score (nSPS) is 14.7. The van der Waals surface area contributed by atoms with Crippen LogP contribution in [0.25, 0.3) is 22.3 Å². The summed E-state index contributed by atoms with van der Waals surface area (Å²) in [4.78, 5) is 21.7. The van der Waals surface area contributed by atoms with Gasteiger partial charge in [-0.05, 0) is 45.7 Å². The molecular formula is C19H20N4O2.